The summed E-state index contributed by atoms with van der Waals surface area (Å²) >= 11 is 6.35. The Hall–Kier alpha value is -1.27. The van der Waals surface area contributed by atoms with E-state index in [-0.39, 0.29) is 0 Å². The van der Waals surface area contributed by atoms with Crippen molar-refractivity contribution in [3.05, 3.63) is 58.6 Å². The van der Waals surface area contributed by atoms with Crippen LogP contribution in [0.4, 0.5) is 0 Å². The van der Waals surface area contributed by atoms with Crippen molar-refractivity contribution in [2.75, 3.05) is 0 Å². The van der Waals surface area contributed by atoms with Crippen molar-refractivity contribution in [3.63, 3.8) is 0 Å². The van der Waals surface area contributed by atoms with Crippen LogP contribution in [-0.2, 0) is 0 Å². The van der Waals surface area contributed by atoms with Crippen LogP contribution in [0.2, 0.25) is 5.02 Å². The molecule has 2 aromatic carbocycles. The second kappa shape index (κ2) is 3.79. The van der Waals surface area contributed by atoms with Gasteiger partial charge in [0.05, 0.1) is 0 Å². The van der Waals surface area contributed by atoms with Crippen LogP contribution >= 0.6 is 11.6 Å². The summed E-state index contributed by atoms with van der Waals surface area (Å²) in [4.78, 5) is 0. The Labute approximate surface area is 136 Å². The predicted molar refractivity (Wildman–Crippen MR) is 90.3 cm³/mol. The Morgan fingerprint density at radius 1 is 0.864 bits per heavy atom. The van der Waals surface area contributed by atoms with Crippen molar-refractivity contribution in [1.82, 2.24) is 0 Å². The quantitative estimate of drug-likeness (QED) is 0.559. The highest BCUT2D eigenvalue weighted by molar-refractivity contribution is 6.30. The van der Waals surface area contributed by atoms with Gasteiger partial charge in [-0.3, -0.25) is 0 Å². The smallest absolute Gasteiger partial charge is 0.0412 e. The van der Waals surface area contributed by atoms with E-state index >= 15 is 0 Å². The lowest BCUT2D eigenvalue weighted by Crippen LogP contribution is -2.47. The lowest BCUT2D eigenvalue weighted by Gasteiger charge is -2.56. The third-order valence-corrected chi connectivity index (χ3v) is 7.66. The van der Waals surface area contributed by atoms with E-state index in [9.17, 15) is 0 Å². The van der Waals surface area contributed by atoms with Crippen molar-refractivity contribution in [1.29, 1.82) is 0 Å². The first-order valence-electron chi connectivity index (χ1n) is 8.66. The van der Waals surface area contributed by atoms with E-state index in [2.05, 4.69) is 42.5 Å². The van der Waals surface area contributed by atoms with Crippen LogP contribution in [-0.4, -0.2) is 0 Å². The molecule has 5 unspecified atom stereocenters. The van der Waals surface area contributed by atoms with Gasteiger partial charge in [-0.1, -0.05) is 41.9 Å². The van der Waals surface area contributed by atoms with E-state index in [0.717, 1.165) is 28.7 Å². The second-order valence-electron chi connectivity index (χ2n) is 8.01. The van der Waals surface area contributed by atoms with Crippen molar-refractivity contribution in [2.24, 2.45) is 17.3 Å². The first-order valence-corrected chi connectivity index (χ1v) is 9.04. The molecular weight excluding hydrogens is 288 g/mol. The van der Waals surface area contributed by atoms with Gasteiger partial charge in [0.25, 0.3) is 0 Å². The molecule has 0 saturated heterocycles. The number of hydrogen-bond donors (Lipinski definition) is 0. The molecule has 4 aliphatic carbocycles. The molecule has 1 spiro atoms. The minimum Gasteiger partial charge on any atom is -0.0843 e. The Kier molecular flexibility index (Phi) is 2.10. The highest BCUT2D eigenvalue weighted by Crippen LogP contribution is 2.79. The fraction of sp³-hybridized carbons (Fsp3) is 0.429. The third kappa shape index (κ3) is 1.21. The SMILES string of the molecule is Clc1ccc2c(c1)-c1ccccc1C1CC3CC4CC2C41C3. The van der Waals surface area contributed by atoms with Gasteiger partial charge < -0.3 is 0 Å². The molecule has 22 heavy (non-hydrogen) atoms. The molecule has 3 saturated carbocycles. The standard InChI is InChI=1S/C21H19Cl/c22-14-5-6-17-18(10-14)15-3-1-2-4-16(15)19-8-12-7-13-9-20(17)21(13,19)11-12/h1-6,10,12-13,19-20H,7-9,11H2. The molecule has 0 aromatic heterocycles. The van der Waals surface area contributed by atoms with E-state index in [1.165, 1.54) is 36.8 Å². The topological polar surface area (TPSA) is 0 Å². The Morgan fingerprint density at radius 3 is 2.59 bits per heavy atom. The molecule has 5 atom stereocenters. The molecule has 4 aliphatic rings. The van der Waals surface area contributed by atoms with Crippen molar-refractivity contribution in [2.45, 2.75) is 37.5 Å². The molecular formula is C21H19Cl. The van der Waals surface area contributed by atoms with E-state index in [4.69, 9.17) is 11.6 Å². The molecule has 1 heteroatoms. The molecule has 0 nitrogen and oxygen atoms in total. The number of rotatable bonds is 0. The molecule has 0 radical (unpaired) electrons. The van der Waals surface area contributed by atoms with Gasteiger partial charge in [-0.25, -0.2) is 0 Å². The molecule has 0 amide bonds. The van der Waals surface area contributed by atoms with Gasteiger partial charge in [-0.05, 0) is 89.2 Å². The molecule has 0 aliphatic heterocycles. The Balaban J connectivity index is 1.71. The highest BCUT2D eigenvalue weighted by atomic mass is 35.5. The Bertz CT molecular complexity index is 807. The normalized spacial score (nSPS) is 39.5. The maximum Gasteiger partial charge on any atom is 0.0412 e. The van der Waals surface area contributed by atoms with Crippen molar-refractivity contribution < 1.29 is 0 Å². The van der Waals surface area contributed by atoms with Gasteiger partial charge in [0.2, 0.25) is 0 Å². The summed E-state index contributed by atoms with van der Waals surface area (Å²) in [7, 11) is 0. The maximum absolute atomic E-state index is 6.35. The minimum atomic E-state index is 0.583. The van der Waals surface area contributed by atoms with Crippen LogP contribution in [0.15, 0.2) is 42.5 Å². The average molecular weight is 307 g/mol. The van der Waals surface area contributed by atoms with Crippen LogP contribution in [0.3, 0.4) is 0 Å². The molecule has 2 aromatic rings. The second-order valence-corrected chi connectivity index (χ2v) is 8.45. The molecule has 110 valence electrons. The molecule has 0 N–H and O–H groups in total. The lowest BCUT2D eigenvalue weighted by molar-refractivity contribution is -0.000478. The van der Waals surface area contributed by atoms with Gasteiger partial charge in [-0.2, -0.15) is 0 Å². The number of halogens is 1. The molecule has 0 heterocycles. The van der Waals surface area contributed by atoms with Gasteiger partial charge in [-0.15, -0.1) is 0 Å². The summed E-state index contributed by atoms with van der Waals surface area (Å²) < 4.78 is 0. The van der Waals surface area contributed by atoms with Gasteiger partial charge in [0.15, 0.2) is 0 Å². The van der Waals surface area contributed by atoms with Crippen LogP contribution in [0, 0.1) is 17.3 Å². The number of hydrogen-bond acceptors (Lipinski definition) is 0. The van der Waals surface area contributed by atoms with Crippen molar-refractivity contribution >= 4 is 11.6 Å². The third-order valence-electron chi connectivity index (χ3n) is 7.42. The van der Waals surface area contributed by atoms with Gasteiger partial charge in [0, 0.05) is 5.02 Å². The van der Waals surface area contributed by atoms with Crippen LogP contribution in [0.1, 0.15) is 48.6 Å². The van der Waals surface area contributed by atoms with Crippen LogP contribution in [0.5, 0.6) is 0 Å². The summed E-state index contributed by atoms with van der Waals surface area (Å²) in [6, 6.07) is 15.8. The zero-order valence-electron chi connectivity index (χ0n) is 12.6. The van der Waals surface area contributed by atoms with E-state index in [1.807, 2.05) is 0 Å². The lowest BCUT2D eigenvalue weighted by atomic mass is 9.47. The average Bonchev–Trinajstić information content (AvgIpc) is 3.02. The highest BCUT2D eigenvalue weighted by Gasteiger charge is 2.68. The van der Waals surface area contributed by atoms with E-state index in [0.29, 0.717) is 5.41 Å². The first kappa shape index (κ1) is 12.2. The molecule has 3 fully saturated rings. The monoisotopic (exact) mass is 306 g/mol. The Morgan fingerprint density at radius 2 is 1.68 bits per heavy atom. The first-order chi connectivity index (χ1) is 10.8. The van der Waals surface area contributed by atoms with Crippen molar-refractivity contribution in [3.8, 4) is 11.1 Å². The van der Waals surface area contributed by atoms with E-state index in [1.54, 1.807) is 11.1 Å². The summed E-state index contributed by atoms with van der Waals surface area (Å²) in [5.74, 6) is 3.53. The fourth-order valence-electron chi connectivity index (χ4n) is 6.80. The van der Waals surface area contributed by atoms with Crippen LogP contribution < -0.4 is 0 Å². The summed E-state index contributed by atoms with van der Waals surface area (Å²) in [6.07, 6.45) is 5.81. The summed E-state index contributed by atoms with van der Waals surface area (Å²) in [6.45, 7) is 0. The van der Waals surface area contributed by atoms with E-state index < -0.39 is 0 Å². The van der Waals surface area contributed by atoms with Crippen LogP contribution in [0.25, 0.3) is 11.1 Å². The number of benzene rings is 2. The van der Waals surface area contributed by atoms with Gasteiger partial charge in [0.1, 0.15) is 0 Å². The zero-order valence-corrected chi connectivity index (χ0v) is 13.3. The summed E-state index contributed by atoms with van der Waals surface area (Å²) in [5.41, 5.74) is 6.65. The molecule has 6 rings (SSSR count). The maximum atomic E-state index is 6.35. The van der Waals surface area contributed by atoms with Gasteiger partial charge >= 0.3 is 0 Å². The zero-order chi connectivity index (χ0) is 14.5. The molecule has 2 bridgehead atoms. The number of fused-ring (bicyclic) bond motifs is 6. The minimum absolute atomic E-state index is 0.583. The fourth-order valence-corrected chi connectivity index (χ4v) is 6.98. The predicted octanol–water partition coefficient (Wildman–Crippen LogP) is 6.01. The summed E-state index contributed by atoms with van der Waals surface area (Å²) in [5, 5.41) is 0.873. The largest absolute Gasteiger partial charge is 0.0843 e.